The van der Waals surface area contributed by atoms with Crippen molar-refractivity contribution < 1.29 is 4.74 Å². The summed E-state index contributed by atoms with van der Waals surface area (Å²) in [7, 11) is 0. The fraction of sp³-hybridized carbons (Fsp3) is 0.0714. The summed E-state index contributed by atoms with van der Waals surface area (Å²) in [4.78, 5) is 0. The van der Waals surface area contributed by atoms with Crippen molar-refractivity contribution in [3.63, 3.8) is 0 Å². The minimum Gasteiger partial charge on any atom is -0.470 e. The van der Waals surface area contributed by atoms with E-state index in [2.05, 4.69) is 119 Å². The van der Waals surface area contributed by atoms with Gasteiger partial charge in [0.15, 0.2) is 4.51 Å². The van der Waals surface area contributed by atoms with Crippen LogP contribution in [0.25, 0.3) is 21.5 Å². The van der Waals surface area contributed by atoms with Gasteiger partial charge in [0.1, 0.15) is 5.75 Å². The van der Waals surface area contributed by atoms with Gasteiger partial charge in [0.05, 0.1) is 5.92 Å². The smallest absolute Gasteiger partial charge is 0.199 e. The molecule has 0 aromatic heterocycles. The fourth-order valence-corrected chi connectivity index (χ4v) is 5.76. The first kappa shape index (κ1) is 17.7. The van der Waals surface area contributed by atoms with Crippen LogP contribution in [0, 0.1) is 0 Å². The van der Waals surface area contributed by atoms with E-state index in [9.17, 15) is 0 Å². The molecule has 0 saturated heterocycles. The number of ether oxygens (including phenoxy) is 1. The molecule has 6 rings (SSSR count). The average Bonchev–Trinajstić information content (AvgIpc) is 3.15. The maximum absolute atomic E-state index is 6.89. The zero-order valence-corrected chi connectivity index (χ0v) is 17.8. The number of hydrogen-bond donors (Lipinski definition) is 0. The third-order valence-electron chi connectivity index (χ3n) is 6.13. The van der Waals surface area contributed by atoms with Crippen LogP contribution < -0.4 is 4.74 Å². The summed E-state index contributed by atoms with van der Waals surface area (Å²) in [6.45, 7) is 0. The fourth-order valence-electron chi connectivity index (χ4n) is 4.84. The molecule has 1 heterocycles. The van der Waals surface area contributed by atoms with E-state index in [4.69, 9.17) is 4.74 Å². The highest BCUT2D eigenvalue weighted by atomic mass is 79.9. The summed E-state index contributed by atoms with van der Waals surface area (Å²) in [5.41, 5.74) is 3.59. The SMILES string of the molecule is BrC1(c2ccccc2)Oc2c(c3ccccc3c3ccccc23)C1c1ccccc1. The van der Waals surface area contributed by atoms with Gasteiger partial charge in [-0.25, -0.2) is 0 Å². The molecule has 0 radical (unpaired) electrons. The second-order valence-corrected chi connectivity index (χ2v) is 8.97. The van der Waals surface area contributed by atoms with Gasteiger partial charge in [-0.3, -0.25) is 0 Å². The van der Waals surface area contributed by atoms with Crippen LogP contribution in [0.1, 0.15) is 22.6 Å². The molecule has 0 saturated carbocycles. The predicted octanol–water partition coefficient (Wildman–Crippen LogP) is 7.77. The molecule has 0 spiro atoms. The highest BCUT2D eigenvalue weighted by Gasteiger charge is 2.50. The Labute approximate surface area is 184 Å². The van der Waals surface area contributed by atoms with Crippen LogP contribution in [0.3, 0.4) is 0 Å². The van der Waals surface area contributed by atoms with Crippen molar-refractivity contribution in [2.75, 3.05) is 0 Å². The van der Waals surface area contributed by atoms with Crippen LogP contribution in [-0.2, 0) is 4.51 Å². The minimum atomic E-state index is -0.676. The maximum Gasteiger partial charge on any atom is 0.199 e. The van der Waals surface area contributed by atoms with Crippen LogP contribution in [0.4, 0.5) is 0 Å². The van der Waals surface area contributed by atoms with Crippen molar-refractivity contribution in [2.24, 2.45) is 0 Å². The molecule has 5 aromatic rings. The van der Waals surface area contributed by atoms with Gasteiger partial charge in [-0.05, 0) is 37.7 Å². The third-order valence-corrected chi connectivity index (χ3v) is 7.21. The van der Waals surface area contributed by atoms with Gasteiger partial charge in [0.2, 0.25) is 0 Å². The lowest BCUT2D eigenvalue weighted by Gasteiger charge is -2.30. The quantitative estimate of drug-likeness (QED) is 0.197. The number of halogens is 1. The van der Waals surface area contributed by atoms with Crippen LogP contribution in [-0.4, -0.2) is 0 Å². The van der Waals surface area contributed by atoms with Crippen molar-refractivity contribution in [2.45, 2.75) is 10.4 Å². The van der Waals surface area contributed by atoms with Gasteiger partial charge in [-0.15, -0.1) is 0 Å². The number of rotatable bonds is 2. The lowest BCUT2D eigenvalue weighted by molar-refractivity contribution is 0.192. The monoisotopic (exact) mass is 450 g/mol. The Morgan fingerprint density at radius 3 is 1.73 bits per heavy atom. The topological polar surface area (TPSA) is 9.23 Å². The molecule has 30 heavy (non-hydrogen) atoms. The van der Waals surface area contributed by atoms with E-state index in [1.807, 2.05) is 6.07 Å². The molecule has 1 aliphatic rings. The zero-order chi connectivity index (χ0) is 20.1. The molecule has 5 aromatic carbocycles. The summed E-state index contributed by atoms with van der Waals surface area (Å²) < 4.78 is 6.21. The number of benzene rings is 5. The van der Waals surface area contributed by atoms with Crippen molar-refractivity contribution >= 4 is 37.5 Å². The number of alkyl halides is 1. The standard InChI is InChI=1S/C28H19BrO/c29-28(20-13-5-2-6-14-20)26(19-11-3-1-4-12-19)25-23-17-9-7-15-21(23)22-16-8-10-18-24(22)27(25)30-28/h1-18,26H. The Hall–Kier alpha value is -3.10. The number of fused-ring (bicyclic) bond motifs is 6. The molecule has 0 aliphatic carbocycles. The summed E-state index contributed by atoms with van der Waals surface area (Å²) in [6, 6.07) is 38.4. The van der Waals surface area contributed by atoms with Crippen LogP contribution in [0.15, 0.2) is 109 Å². The van der Waals surface area contributed by atoms with E-state index in [0.717, 1.165) is 16.7 Å². The Kier molecular flexibility index (Phi) is 3.97. The first-order chi connectivity index (χ1) is 14.8. The molecule has 0 N–H and O–H groups in total. The lowest BCUT2D eigenvalue weighted by atomic mass is 9.82. The van der Waals surface area contributed by atoms with Gasteiger partial charge < -0.3 is 4.74 Å². The molecular formula is C28H19BrO. The molecule has 144 valence electrons. The largest absolute Gasteiger partial charge is 0.470 e. The zero-order valence-electron chi connectivity index (χ0n) is 16.3. The highest BCUT2D eigenvalue weighted by Crippen LogP contribution is 2.60. The lowest BCUT2D eigenvalue weighted by Crippen LogP contribution is -2.28. The molecule has 0 bridgehead atoms. The predicted molar refractivity (Wildman–Crippen MR) is 127 cm³/mol. The van der Waals surface area contributed by atoms with Gasteiger partial charge >= 0.3 is 0 Å². The second kappa shape index (κ2) is 6.72. The van der Waals surface area contributed by atoms with E-state index in [1.54, 1.807) is 0 Å². The Morgan fingerprint density at radius 2 is 1.07 bits per heavy atom. The molecule has 0 fully saturated rings. The van der Waals surface area contributed by atoms with Gasteiger partial charge in [-0.1, -0.05) is 109 Å². The Bertz CT molecular complexity index is 1380. The maximum atomic E-state index is 6.89. The van der Waals surface area contributed by atoms with E-state index in [0.29, 0.717) is 0 Å². The second-order valence-electron chi connectivity index (χ2n) is 7.79. The van der Waals surface area contributed by atoms with Crippen molar-refractivity contribution in [3.8, 4) is 5.75 Å². The van der Waals surface area contributed by atoms with Crippen LogP contribution >= 0.6 is 15.9 Å². The molecule has 1 nitrogen and oxygen atoms in total. The van der Waals surface area contributed by atoms with Crippen molar-refractivity contribution in [1.82, 2.24) is 0 Å². The molecule has 2 heteroatoms. The molecule has 2 unspecified atom stereocenters. The third kappa shape index (κ3) is 2.47. The first-order valence-corrected chi connectivity index (χ1v) is 11.0. The van der Waals surface area contributed by atoms with Gasteiger partial charge in [-0.2, -0.15) is 0 Å². The molecule has 1 aliphatic heterocycles. The van der Waals surface area contributed by atoms with E-state index < -0.39 is 4.51 Å². The Morgan fingerprint density at radius 1 is 0.567 bits per heavy atom. The van der Waals surface area contributed by atoms with E-state index in [1.165, 1.54) is 27.3 Å². The minimum absolute atomic E-state index is 0.0191. The molecule has 0 amide bonds. The van der Waals surface area contributed by atoms with Crippen LogP contribution in [0.2, 0.25) is 0 Å². The van der Waals surface area contributed by atoms with Crippen LogP contribution in [0.5, 0.6) is 5.75 Å². The summed E-state index contributed by atoms with van der Waals surface area (Å²) in [5.74, 6) is 0.990. The van der Waals surface area contributed by atoms with Crippen molar-refractivity contribution in [3.05, 3.63) is 126 Å². The summed E-state index contributed by atoms with van der Waals surface area (Å²) in [6.07, 6.45) is 0. The average molecular weight is 451 g/mol. The van der Waals surface area contributed by atoms with Gasteiger partial charge in [0.25, 0.3) is 0 Å². The summed E-state index contributed by atoms with van der Waals surface area (Å²) in [5, 5.41) is 4.89. The molecule has 2 atom stereocenters. The molecular weight excluding hydrogens is 432 g/mol. The first-order valence-electron chi connectivity index (χ1n) is 10.2. The van der Waals surface area contributed by atoms with Gasteiger partial charge in [0, 0.05) is 16.5 Å². The Balaban J connectivity index is 1.76. The van der Waals surface area contributed by atoms with Crippen molar-refractivity contribution in [1.29, 1.82) is 0 Å². The number of hydrogen-bond acceptors (Lipinski definition) is 1. The van der Waals surface area contributed by atoms with E-state index >= 15 is 0 Å². The summed E-state index contributed by atoms with van der Waals surface area (Å²) >= 11 is 4.09. The highest BCUT2D eigenvalue weighted by molar-refractivity contribution is 9.09. The van der Waals surface area contributed by atoms with E-state index in [-0.39, 0.29) is 5.92 Å². The normalized spacial score (nSPS) is 20.2.